The molecule has 15 heavy (non-hydrogen) atoms. The molecule has 1 aromatic rings. The molecule has 1 aromatic heterocycles. The second-order valence-corrected chi connectivity index (χ2v) is 4.70. The average molecular weight is 226 g/mol. The quantitative estimate of drug-likeness (QED) is 0.719. The monoisotopic (exact) mass is 226 g/mol. The number of rotatable bonds is 5. The number of thiophene rings is 1. The van der Waals surface area contributed by atoms with Crippen LogP contribution >= 0.6 is 11.3 Å². The number of hydrogen-bond acceptors (Lipinski definition) is 3. The van der Waals surface area contributed by atoms with Gasteiger partial charge in [-0.05, 0) is 24.5 Å². The minimum Gasteiger partial charge on any atom is -0.465 e. The van der Waals surface area contributed by atoms with E-state index in [-0.39, 0.29) is 5.97 Å². The van der Waals surface area contributed by atoms with Crippen molar-refractivity contribution >= 4 is 17.3 Å². The van der Waals surface area contributed by atoms with Crippen LogP contribution in [0.3, 0.4) is 0 Å². The van der Waals surface area contributed by atoms with E-state index < -0.39 is 0 Å². The van der Waals surface area contributed by atoms with Gasteiger partial charge in [-0.25, -0.2) is 4.79 Å². The Bertz CT molecular complexity index is 328. The highest BCUT2D eigenvalue weighted by molar-refractivity contribution is 7.14. The van der Waals surface area contributed by atoms with Crippen molar-refractivity contribution in [3.63, 3.8) is 0 Å². The average Bonchev–Trinajstić information content (AvgIpc) is 2.61. The maximum atomic E-state index is 11.5. The van der Waals surface area contributed by atoms with Crippen LogP contribution in [0.5, 0.6) is 0 Å². The fraction of sp³-hybridized carbons (Fsp3) is 0.583. The molecular formula is C12H18O2S. The van der Waals surface area contributed by atoms with Crippen molar-refractivity contribution in [3.05, 3.63) is 21.4 Å². The first-order chi connectivity index (χ1) is 7.22. The molecule has 0 aliphatic carbocycles. The zero-order chi connectivity index (χ0) is 11.3. The second-order valence-electron chi connectivity index (χ2n) is 3.56. The van der Waals surface area contributed by atoms with Crippen molar-refractivity contribution in [2.75, 3.05) is 7.11 Å². The van der Waals surface area contributed by atoms with Crippen LogP contribution < -0.4 is 0 Å². The number of carbonyl (C=O) groups is 1. The summed E-state index contributed by atoms with van der Waals surface area (Å²) >= 11 is 1.58. The first-order valence-electron chi connectivity index (χ1n) is 5.42. The van der Waals surface area contributed by atoms with E-state index in [0.29, 0.717) is 0 Å². The molecule has 0 saturated carbocycles. The number of aryl methyl sites for hydroxylation is 2. The molecule has 0 atom stereocenters. The predicted octanol–water partition coefficient (Wildman–Crippen LogP) is 3.44. The topological polar surface area (TPSA) is 26.3 Å². The highest BCUT2D eigenvalue weighted by Gasteiger charge is 2.15. The zero-order valence-corrected chi connectivity index (χ0v) is 10.4. The van der Waals surface area contributed by atoms with Crippen LogP contribution in [0.1, 0.15) is 46.8 Å². The predicted molar refractivity (Wildman–Crippen MR) is 63.6 cm³/mol. The maximum absolute atomic E-state index is 11.5. The van der Waals surface area contributed by atoms with Crippen LogP contribution in [0.2, 0.25) is 0 Å². The van der Waals surface area contributed by atoms with Crippen molar-refractivity contribution < 1.29 is 9.53 Å². The lowest BCUT2D eigenvalue weighted by Crippen LogP contribution is -2.01. The Morgan fingerprint density at radius 1 is 1.33 bits per heavy atom. The van der Waals surface area contributed by atoms with Crippen LogP contribution in [0.15, 0.2) is 6.07 Å². The van der Waals surface area contributed by atoms with Gasteiger partial charge in [0.15, 0.2) is 0 Å². The molecule has 0 unspecified atom stereocenters. The molecule has 1 rings (SSSR count). The highest BCUT2D eigenvalue weighted by atomic mass is 32.1. The number of methoxy groups -OCH3 is 1. The smallest absolute Gasteiger partial charge is 0.348 e. The molecule has 0 saturated heterocycles. The van der Waals surface area contributed by atoms with E-state index in [1.54, 1.807) is 11.3 Å². The van der Waals surface area contributed by atoms with Gasteiger partial charge in [0.05, 0.1) is 7.11 Å². The molecule has 2 nitrogen and oxygen atoms in total. The Kier molecular flexibility index (Phi) is 4.82. The Morgan fingerprint density at radius 3 is 2.53 bits per heavy atom. The number of hydrogen-bond donors (Lipinski definition) is 0. The van der Waals surface area contributed by atoms with E-state index in [4.69, 9.17) is 4.74 Å². The Labute approximate surface area is 95.3 Å². The minimum atomic E-state index is -0.189. The van der Waals surface area contributed by atoms with Gasteiger partial charge in [-0.2, -0.15) is 0 Å². The molecule has 0 radical (unpaired) electrons. The maximum Gasteiger partial charge on any atom is 0.348 e. The van der Waals surface area contributed by atoms with Crippen LogP contribution in [-0.4, -0.2) is 13.1 Å². The summed E-state index contributed by atoms with van der Waals surface area (Å²) < 4.78 is 4.79. The molecule has 0 bridgehead atoms. The van der Waals surface area contributed by atoms with Crippen LogP contribution in [0.4, 0.5) is 0 Å². The fourth-order valence-electron chi connectivity index (χ4n) is 1.58. The summed E-state index contributed by atoms with van der Waals surface area (Å²) in [6.07, 6.45) is 4.20. The van der Waals surface area contributed by atoms with E-state index >= 15 is 0 Å². The van der Waals surface area contributed by atoms with Gasteiger partial charge in [-0.3, -0.25) is 0 Å². The van der Waals surface area contributed by atoms with Gasteiger partial charge < -0.3 is 4.74 Å². The molecule has 0 aromatic carbocycles. The normalized spacial score (nSPS) is 10.3. The molecule has 0 aliphatic rings. The lowest BCUT2D eigenvalue weighted by Gasteiger charge is -1.98. The van der Waals surface area contributed by atoms with Crippen molar-refractivity contribution in [2.45, 2.75) is 39.5 Å². The summed E-state index contributed by atoms with van der Waals surface area (Å²) in [4.78, 5) is 13.6. The molecule has 0 N–H and O–H groups in total. The van der Waals surface area contributed by atoms with Gasteiger partial charge in [-0.15, -0.1) is 11.3 Å². The molecule has 0 fully saturated rings. The largest absolute Gasteiger partial charge is 0.465 e. The van der Waals surface area contributed by atoms with Crippen molar-refractivity contribution in [1.29, 1.82) is 0 Å². The molecule has 84 valence electrons. The fourth-order valence-corrected chi connectivity index (χ4v) is 2.80. The number of ether oxygens (including phenoxy) is 1. The van der Waals surface area contributed by atoms with Crippen LogP contribution in [-0.2, 0) is 17.6 Å². The number of esters is 1. The summed E-state index contributed by atoms with van der Waals surface area (Å²) in [5.74, 6) is -0.189. The van der Waals surface area contributed by atoms with Gasteiger partial charge in [0.2, 0.25) is 0 Å². The highest BCUT2D eigenvalue weighted by Crippen LogP contribution is 2.25. The van der Waals surface area contributed by atoms with Gasteiger partial charge in [0, 0.05) is 4.88 Å². The Hall–Kier alpha value is -0.830. The third-order valence-corrected chi connectivity index (χ3v) is 3.46. The van der Waals surface area contributed by atoms with Crippen LogP contribution in [0.25, 0.3) is 0 Å². The third kappa shape index (κ3) is 3.06. The lowest BCUT2D eigenvalue weighted by atomic mass is 10.1. The van der Waals surface area contributed by atoms with E-state index in [2.05, 4.69) is 19.9 Å². The van der Waals surface area contributed by atoms with Gasteiger partial charge >= 0.3 is 5.97 Å². The standard InChI is InChI=1S/C12H18O2S/c1-4-6-9-8-10(7-5-2)15-11(9)12(13)14-3/h8H,4-7H2,1-3H3. The Balaban J connectivity index is 2.94. The van der Waals surface area contributed by atoms with E-state index in [0.717, 1.165) is 36.1 Å². The van der Waals surface area contributed by atoms with Gasteiger partial charge in [0.1, 0.15) is 4.88 Å². The lowest BCUT2D eigenvalue weighted by molar-refractivity contribution is 0.0605. The summed E-state index contributed by atoms with van der Waals surface area (Å²) in [5.41, 5.74) is 1.15. The van der Waals surface area contributed by atoms with E-state index in [1.807, 2.05) is 0 Å². The van der Waals surface area contributed by atoms with E-state index in [1.165, 1.54) is 12.0 Å². The third-order valence-electron chi connectivity index (χ3n) is 2.25. The van der Waals surface area contributed by atoms with Crippen molar-refractivity contribution in [2.24, 2.45) is 0 Å². The van der Waals surface area contributed by atoms with Crippen molar-refractivity contribution in [3.8, 4) is 0 Å². The Morgan fingerprint density at radius 2 is 2.00 bits per heavy atom. The van der Waals surface area contributed by atoms with E-state index in [9.17, 15) is 4.79 Å². The van der Waals surface area contributed by atoms with Crippen molar-refractivity contribution in [1.82, 2.24) is 0 Å². The second kappa shape index (κ2) is 5.91. The first kappa shape index (κ1) is 12.2. The first-order valence-corrected chi connectivity index (χ1v) is 6.24. The molecule has 3 heteroatoms. The molecule has 1 heterocycles. The van der Waals surface area contributed by atoms with Crippen LogP contribution in [0, 0.1) is 0 Å². The molecule has 0 amide bonds. The zero-order valence-electron chi connectivity index (χ0n) is 9.63. The molecular weight excluding hydrogens is 208 g/mol. The van der Waals surface area contributed by atoms with Gasteiger partial charge in [0.25, 0.3) is 0 Å². The molecule has 0 aliphatic heterocycles. The summed E-state index contributed by atoms with van der Waals surface area (Å²) in [5, 5.41) is 0. The molecule has 0 spiro atoms. The number of carbonyl (C=O) groups excluding carboxylic acids is 1. The summed E-state index contributed by atoms with van der Waals surface area (Å²) in [7, 11) is 1.44. The minimum absolute atomic E-state index is 0.189. The SMILES string of the molecule is CCCc1cc(CCC)c(C(=O)OC)s1. The summed E-state index contributed by atoms with van der Waals surface area (Å²) in [6.45, 7) is 4.27. The van der Waals surface area contributed by atoms with Gasteiger partial charge in [-0.1, -0.05) is 26.7 Å². The summed E-state index contributed by atoms with van der Waals surface area (Å²) in [6, 6.07) is 2.16.